The lowest BCUT2D eigenvalue weighted by Gasteiger charge is -2.55. The van der Waals surface area contributed by atoms with Gasteiger partial charge in [0.2, 0.25) is 5.13 Å². The van der Waals surface area contributed by atoms with Gasteiger partial charge in [0.15, 0.2) is 0 Å². The highest BCUT2D eigenvalue weighted by atomic mass is 32.1. The van der Waals surface area contributed by atoms with Crippen LogP contribution in [0.1, 0.15) is 82.6 Å². The molecule has 0 aliphatic heterocycles. The molecule has 4 aliphatic rings. The summed E-state index contributed by atoms with van der Waals surface area (Å²) in [7, 11) is 1.35. The first-order chi connectivity index (χ1) is 14.4. The Morgan fingerprint density at radius 2 is 1.80 bits per heavy atom. The summed E-state index contributed by atoms with van der Waals surface area (Å²) in [5, 5.41) is 13.3. The lowest BCUT2D eigenvalue weighted by Crippen LogP contribution is -2.48. The number of amides is 1. The van der Waals surface area contributed by atoms with Crippen molar-refractivity contribution in [2.45, 2.75) is 64.2 Å². The number of rotatable bonds is 5. The van der Waals surface area contributed by atoms with Gasteiger partial charge in [0.1, 0.15) is 10.7 Å². The molecule has 2 N–H and O–H groups in total. The second-order valence-electron chi connectivity index (χ2n) is 9.39. The second-order valence-corrected chi connectivity index (χ2v) is 10.4. The van der Waals surface area contributed by atoms with Crippen LogP contribution >= 0.6 is 11.3 Å². The van der Waals surface area contributed by atoms with Gasteiger partial charge in [0.25, 0.3) is 5.91 Å². The first-order valence-electron chi connectivity index (χ1n) is 10.9. The van der Waals surface area contributed by atoms with Crippen LogP contribution in [0.3, 0.4) is 0 Å². The number of aromatic nitrogens is 3. The van der Waals surface area contributed by atoms with Gasteiger partial charge in [-0.2, -0.15) is 0 Å². The zero-order valence-corrected chi connectivity index (χ0v) is 18.5. The average molecular weight is 429 g/mol. The molecule has 4 fully saturated rings. The van der Waals surface area contributed by atoms with Gasteiger partial charge in [-0.15, -0.1) is 10.2 Å². The van der Waals surface area contributed by atoms with Crippen molar-refractivity contribution in [2.75, 3.05) is 12.4 Å². The van der Waals surface area contributed by atoms with Gasteiger partial charge >= 0.3 is 5.97 Å². The summed E-state index contributed by atoms with van der Waals surface area (Å²) in [6.45, 7) is 3.69. The number of methoxy groups -OCH3 is 1. The predicted octanol–water partition coefficient (Wildman–Crippen LogP) is 4.24. The maximum absolute atomic E-state index is 12.9. The zero-order chi connectivity index (χ0) is 21.0. The third kappa shape index (κ3) is 3.07. The van der Waals surface area contributed by atoms with E-state index in [1.165, 1.54) is 57.0 Å². The quantitative estimate of drug-likeness (QED) is 0.694. The lowest BCUT2D eigenvalue weighted by atomic mass is 9.50. The van der Waals surface area contributed by atoms with E-state index in [4.69, 9.17) is 4.74 Å². The number of esters is 1. The normalized spacial score (nSPS) is 29.2. The maximum atomic E-state index is 12.9. The fourth-order valence-electron chi connectivity index (χ4n) is 6.55. The van der Waals surface area contributed by atoms with Crippen LogP contribution in [0.2, 0.25) is 0 Å². The fraction of sp³-hybridized carbons (Fsp3) is 0.636. The van der Waals surface area contributed by atoms with Gasteiger partial charge in [0.05, 0.1) is 12.7 Å². The number of anilines is 1. The third-order valence-electron chi connectivity index (χ3n) is 7.44. The SMILES string of the molecule is CCc1[nH]c(C(=O)Nc2nnc(C34CC5CC(CC(C5)C3)C4)s2)c(C)c1C(=O)OC. The Morgan fingerprint density at radius 1 is 1.17 bits per heavy atom. The second kappa shape index (κ2) is 7.18. The smallest absolute Gasteiger partial charge is 0.339 e. The first-order valence-corrected chi connectivity index (χ1v) is 11.7. The molecular weight excluding hydrogens is 400 g/mol. The summed E-state index contributed by atoms with van der Waals surface area (Å²) in [5.41, 5.74) is 2.29. The summed E-state index contributed by atoms with van der Waals surface area (Å²) in [5.74, 6) is 1.78. The number of H-pyrrole nitrogens is 1. The number of hydrogen-bond donors (Lipinski definition) is 2. The fourth-order valence-corrected chi connectivity index (χ4v) is 7.51. The maximum Gasteiger partial charge on any atom is 0.339 e. The Kier molecular flexibility index (Phi) is 4.72. The number of aromatic amines is 1. The van der Waals surface area contributed by atoms with Crippen LogP contribution in [-0.2, 0) is 16.6 Å². The molecule has 30 heavy (non-hydrogen) atoms. The molecule has 4 saturated carbocycles. The van der Waals surface area contributed by atoms with E-state index in [0.717, 1.165) is 22.8 Å². The predicted molar refractivity (Wildman–Crippen MR) is 114 cm³/mol. The minimum atomic E-state index is -0.431. The van der Waals surface area contributed by atoms with Crippen LogP contribution < -0.4 is 5.32 Å². The van der Waals surface area contributed by atoms with Gasteiger partial charge in [-0.25, -0.2) is 4.79 Å². The first kappa shape index (κ1) is 19.7. The van der Waals surface area contributed by atoms with Gasteiger partial charge in [-0.1, -0.05) is 18.3 Å². The highest BCUT2D eigenvalue weighted by Crippen LogP contribution is 2.61. The van der Waals surface area contributed by atoms with Crippen molar-refractivity contribution in [1.82, 2.24) is 15.2 Å². The molecule has 1 amide bonds. The summed E-state index contributed by atoms with van der Waals surface area (Å²) in [6.07, 6.45) is 8.43. The molecule has 2 aromatic heterocycles. The number of nitrogens with zero attached hydrogens (tertiary/aromatic N) is 2. The molecule has 0 aromatic carbocycles. The molecule has 0 spiro atoms. The number of carbonyl (C=O) groups excluding carboxylic acids is 2. The largest absolute Gasteiger partial charge is 0.465 e. The average Bonchev–Trinajstić information content (AvgIpc) is 3.31. The summed E-state index contributed by atoms with van der Waals surface area (Å²) < 4.78 is 4.88. The zero-order valence-electron chi connectivity index (χ0n) is 17.7. The van der Waals surface area contributed by atoms with Crippen molar-refractivity contribution in [3.05, 3.63) is 27.5 Å². The number of aryl methyl sites for hydroxylation is 1. The molecule has 8 heteroatoms. The standard InChI is InChI=1S/C22H28N4O3S/c1-4-15-16(19(28)29-3)11(2)17(23-15)18(27)24-21-26-25-20(30-21)22-8-12-5-13(9-22)7-14(6-12)10-22/h12-14,23H,4-10H2,1-3H3,(H,24,26,27). The van der Waals surface area contributed by atoms with Crippen LogP contribution in [0.4, 0.5) is 5.13 Å². The van der Waals surface area contributed by atoms with Crippen LogP contribution in [0.25, 0.3) is 0 Å². The topological polar surface area (TPSA) is 97.0 Å². The number of hydrogen-bond acceptors (Lipinski definition) is 6. The van der Waals surface area contributed by atoms with Crippen molar-refractivity contribution in [3.63, 3.8) is 0 Å². The lowest BCUT2D eigenvalue weighted by molar-refractivity contribution is -0.00556. The van der Waals surface area contributed by atoms with Crippen molar-refractivity contribution in [2.24, 2.45) is 17.8 Å². The van der Waals surface area contributed by atoms with Gasteiger partial charge in [-0.3, -0.25) is 10.1 Å². The molecule has 4 bridgehead atoms. The molecular formula is C22H28N4O3S. The third-order valence-corrected chi connectivity index (χ3v) is 8.52. The van der Waals surface area contributed by atoms with E-state index >= 15 is 0 Å². The molecule has 6 rings (SSSR count). The molecule has 7 nitrogen and oxygen atoms in total. The van der Waals surface area contributed by atoms with E-state index in [1.807, 2.05) is 6.92 Å². The molecule has 2 heterocycles. The number of nitrogens with one attached hydrogen (secondary N) is 2. The van der Waals surface area contributed by atoms with E-state index < -0.39 is 5.97 Å². The molecule has 0 atom stereocenters. The van der Waals surface area contributed by atoms with Crippen molar-refractivity contribution < 1.29 is 14.3 Å². The van der Waals surface area contributed by atoms with Crippen LogP contribution in [-0.4, -0.2) is 34.2 Å². The Bertz CT molecular complexity index is 973. The van der Waals surface area contributed by atoms with Gasteiger partial charge < -0.3 is 9.72 Å². The van der Waals surface area contributed by atoms with E-state index in [2.05, 4.69) is 20.5 Å². The highest BCUT2D eigenvalue weighted by Gasteiger charge is 2.53. The van der Waals surface area contributed by atoms with Crippen molar-refractivity contribution in [1.29, 1.82) is 0 Å². The monoisotopic (exact) mass is 428 g/mol. The summed E-state index contributed by atoms with van der Waals surface area (Å²) in [4.78, 5) is 28.1. The number of ether oxygens (including phenoxy) is 1. The number of carbonyl (C=O) groups is 2. The summed E-state index contributed by atoms with van der Waals surface area (Å²) in [6, 6.07) is 0. The van der Waals surface area contributed by atoms with Crippen LogP contribution in [0, 0.1) is 24.7 Å². The van der Waals surface area contributed by atoms with Gasteiger partial charge in [0, 0.05) is 11.1 Å². The van der Waals surface area contributed by atoms with E-state index in [9.17, 15) is 9.59 Å². The Hall–Kier alpha value is -2.22. The molecule has 0 radical (unpaired) electrons. The Labute approximate surface area is 180 Å². The van der Waals surface area contributed by atoms with E-state index in [0.29, 0.717) is 34.1 Å². The molecule has 0 unspecified atom stereocenters. The minimum absolute atomic E-state index is 0.172. The Balaban J connectivity index is 1.37. The van der Waals surface area contributed by atoms with E-state index in [1.54, 1.807) is 6.92 Å². The summed E-state index contributed by atoms with van der Waals surface area (Å²) >= 11 is 1.52. The van der Waals surface area contributed by atoms with Crippen LogP contribution in [0.15, 0.2) is 0 Å². The van der Waals surface area contributed by atoms with Crippen LogP contribution in [0.5, 0.6) is 0 Å². The molecule has 0 saturated heterocycles. The molecule has 160 valence electrons. The molecule has 2 aromatic rings. The minimum Gasteiger partial charge on any atom is -0.465 e. The van der Waals surface area contributed by atoms with E-state index in [-0.39, 0.29) is 11.3 Å². The van der Waals surface area contributed by atoms with Crippen molar-refractivity contribution in [3.8, 4) is 0 Å². The highest BCUT2D eigenvalue weighted by molar-refractivity contribution is 7.15. The van der Waals surface area contributed by atoms with Crippen molar-refractivity contribution >= 4 is 28.3 Å². The van der Waals surface area contributed by atoms with Gasteiger partial charge in [-0.05, 0) is 75.2 Å². The molecule has 4 aliphatic carbocycles. The Morgan fingerprint density at radius 3 is 2.37 bits per heavy atom.